The number of hydrogen-bond donors (Lipinski definition) is 4. The van der Waals surface area contributed by atoms with Crippen LogP contribution in [0.2, 0.25) is 0 Å². The van der Waals surface area contributed by atoms with E-state index in [1.165, 1.54) is 6.20 Å². The van der Waals surface area contributed by atoms with E-state index in [-0.39, 0.29) is 17.7 Å². The quantitative estimate of drug-likeness (QED) is 0.625. The zero-order valence-electron chi connectivity index (χ0n) is 12.3. The second-order valence-electron chi connectivity index (χ2n) is 5.91. The highest BCUT2D eigenvalue weighted by Crippen LogP contribution is 2.31. The average molecular weight is 310 g/mol. The molecule has 3 N–H and O–H groups in total. The molecule has 6 nitrogen and oxygen atoms in total. The number of H-pyrrole nitrogens is 1. The van der Waals surface area contributed by atoms with Gasteiger partial charge in [-0.1, -0.05) is 26.7 Å². The Morgan fingerprint density at radius 2 is 2.05 bits per heavy atom. The molecule has 0 spiro atoms. The number of nitrogens with zero attached hydrogens (tertiary/aromatic N) is 1. The predicted octanol–water partition coefficient (Wildman–Crippen LogP) is 1.73. The lowest BCUT2D eigenvalue weighted by Crippen LogP contribution is -2.57. The summed E-state index contributed by atoms with van der Waals surface area (Å²) in [5, 5.41) is 11.8. The van der Waals surface area contributed by atoms with Crippen molar-refractivity contribution < 1.29 is 9.59 Å². The molecule has 21 heavy (non-hydrogen) atoms. The molecule has 0 saturated heterocycles. The van der Waals surface area contributed by atoms with Gasteiger partial charge in [0.2, 0.25) is 11.8 Å². The van der Waals surface area contributed by atoms with Gasteiger partial charge in [0, 0.05) is 6.20 Å². The molecule has 2 amide bonds. The second-order valence-corrected chi connectivity index (χ2v) is 6.46. The van der Waals surface area contributed by atoms with Crippen molar-refractivity contribution in [2.75, 3.05) is 5.32 Å². The predicted molar refractivity (Wildman–Crippen MR) is 84.2 cm³/mol. The third kappa shape index (κ3) is 3.58. The summed E-state index contributed by atoms with van der Waals surface area (Å²) in [5.41, 5.74) is -0.226. The molecule has 0 bridgehead atoms. The van der Waals surface area contributed by atoms with Crippen molar-refractivity contribution in [2.24, 2.45) is 5.92 Å². The second kappa shape index (κ2) is 6.51. The van der Waals surface area contributed by atoms with Crippen LogP contribution in [0.25, 0.3) is 0 Å². The molecule has 1 fully saturated rings. The smallest absolute Gasteiger partial charge is 0.250 e. The lowest BCUT2D eigenvalue weighted by molar-refractivity contribution is -0.130. The van der Waals surface area contributed by atoms with Crippen LogP contribution < -0.4 is 10.6 Å². The van der Waals surface area contributed by atoms with Gasteiger partial charge in [-0.15, -0.1) is 0 Å². The van der Waals surface area contributed by atoms with Crippen molar-refractivity contribution in [1.82, 2.24) is 15.5 Å². The molecule has 1 atom stereocenters. The lowest BCUT2D eigenvalue weighted by atomic mass is 9.95. The Bertz CT molecular complexity index is 495. The van der Waals surface area contributed by atoms with Crippen LogP contribution in [0.4, 0.5) is 5.69 Å². The number of aromatic amines is 1. The first kappa shape index (κ1) is 15.9. The zero-order chi connectivity index (χ0) is 15.5. The first-order valence-electron chi connectivity index (χ1n) is 7.25. The van der Waals surface area contributed by atoms with Crippen molar-refractivity contribution in [2.45, 2.75) is 50.3 Å². The van der Waals surface area contributed by atoms with E-state index in [0.717, 1.165) is 12.8 Å². The minimum atomic E-state index is -0.829. The zero-order valence-corrected chi connectivity index (χ0v) is 13.2. The first-order valence-corrected chi connectivity index (χ1v) is 7.76. The molecule has 0 aromatic carbocycles. The molecule has 1 heterocycles. The third-order valence-corrected chi connectivity index (χ3v) is 4.74. The Hall–Kier alpha value is -1.50. The molecule has 7 heteroatoms. The number of anilines is 1. The molecule has 0 aliphatic heterocycles. The standard InChI is InChI=1S/C14H22N4O2S/c1-9(2)11(21)12(19)18-14(5-3-4-6-14)13(20)17-10-7-15-16-8-10/h7-9,11,21H,3-6H2,1-2H3,(H,15,16)(H,17,20)(H,18,19)/t11-/m0/s1. The fourth-order valence-corrected chi connectivity index (χ4v) is 2.63. The molecular formula is C14H22N4O2S. The van der Waals surface area contributed by atoms with Crippen LogP contribution >= 0.6 is 12.6 Å². The number of rotatable bonds is 5. The van der Waals surface area contributed by atoms with Crippen molar-refractivity contribution in [3.8, 4) is 0 Å². The molecular weight excluding hydrogens is 288 g/mol. The Morgan fingerprint density at radius 3 is 2.57 bits per heavy atom. The SMILES string of the molecule is CC(C)[C@H](S)C(=O)NC1(C(=O)Nc2cn[nH]c2)CCCC1. The Kier molecular flexibility index (Phi) is 4.92. The van der Waals surface area contributed by atoms with Gasteiger partial charge in [-0.2, -0.15) is 17.7 Å². The maximum Gasteiger partial charge on any atom is 0.250 e. The third-order valence-electron chi connectivity index (χ3n) is 3.91. The van der Waals surface area contributed by atoms with E-state index in [2.05, 4.69) is 33.5 Å². The summed E-state index contributed by atoms with van der Waals surface area (Å²) < 4.78 is 0. The van der Waals surface area contributed by atoms with Crippen LogP contribution in [0.5, 0.6) is 0 Å². The number of amides is 2. The Balaban J connectivity index is 2.09. The van der Waals surface area contributed by atoms with Gasteiger partial charge < -0.3 is 10.6 Å². The summed E-state index contributed by atoms with van der Waals surface area (Å²) in [5.74, 6) is -0.250. The average Bonchev–Trinajstić information content (AvgIpc) is 3.09. The number of carbonyl (C=O) groups is 2. The van der Waals surface area contributed by atoms with E-state index >= 15 is 0 Å². The molecule has 116 valence electrons. The summed E-state index contributed by atoms with van der Waals surface area (Å²) in [6, 6.07) is 0. The van der Waals surface area contributed by atoms with Gasteiger partial charge in [-0.25, -0.2) is 0 Å². The van der Waals surface area contributed by atoms with E-state index in [4.69, 9.17) is 0 Å². The van der Waals surface area contributed by atoms with Gasteiger partial charge in [-0.3, -0.25) is 14.7 Å². The highest BCUT2D eigenvalue weighted by atomic mass is 32.1. The largest absolute Gasteiger partial charge is 0.341 e. The minimum absolute atomic E-state index is 0.115. The fourth-order valence-electron chi connectivity index (χ4n) is 2.57. The van der Waals surface area contributed by atoms with Crippen LogP contribution in [0.1, 0.15) is 39.5 Å². The summed E-state index contributed by atoms with van der Waals surface area (Å²) in [6.45, 7) is 3.87. The van der Waals surface area contributed by atoms with Gasteiger partial charge in [0.15, 0.2) is 0 Å². The van der Waals surface area contributed by atoms with E-state index < -0.39 is 10.8 Å². The van der Waals surface area contributed by atoms with Gasteiger partial charge in [0.1, 0.15) is 5.54 Å². The summed E-state index contributed by atoms with van der Waals surface area (Å²) >= 11 is 4.33. The highest BCUT2D eigenvalue weighted by Gasteiger charge is 2.43. The number of carbonyl (C=O) groups excluding carboxylic acids is 2. The van der Waals surface area contributed by atoms with Gasteiger partial charge >= 0.3 is 0 Å². The molecule has 1 aliphatic rings. The van der Waals surface area contributed by atoms with E-state index in [1.54, 1.807) is 6.20 Å². The highest BCUT2D eigenvalue weighted by molar-refractivity contribution is 7.81. The Morgan fingerprint density at radius 1 is 1.38 bits per heavy atom. The van der Waals surface area contributed by atoms with Gasteiger partial charge in [-0.05, 0) is 18.8 Å². The Labute approximate surface area is 129 Å². The number of hydrogen-bond acceptors (Lipinski definition) is 4. The number of nitrogens with one attached hydrogen (secondary N) is 3. The maximum atomic E-state index is 12.6. The topological polar surface area (TPSA) is 86.9 Å². The summed E-state index contributed by atoms with van der Waals surface area (Å²) in [7, 11) is 0. The van der Waals surface area contributed by atoms with Crippen molar-refractivity contribution in [3.63, 3.8) is 0 Å². The van der Waals surface area contributed by atoms with Crippen LogP contribution in [-0.2, 0) is 9.59 Å². The molecule has 1 aromatic rings. The normalized spacial score (nSPS) is 18.5. The van der Waals surface area contributed by atoms with E-state index in [1.807, 2.05) is 13.8 Å². The van der Waals surface area contributed by atoms with Crippen molar-refractivity contribution >= 4 is 30.1 Å². The minimum Gasteiger partial charge on any atom is -0.341 e. The van der Waals surface area contributed by atoms with E-state index in [0.29, 0.717) is 18.5 Å². The molecule has 1 aromatic heterocycles. The van der Waals surface area contributed by atoms with Gasteiger partial charge in [0.25, 0.3) is 0 Å². The molecule has 1 aliphatic carbocycles. The molecule has 0 unspecified atom stereocenters. The van der Waals surface area contributed by atoms with Crippen LogP contribution in [0, 0.1) is 5.92 Å². The summed E-state index contributed by atoms with van der Waals surface area (Å²) in [6.07, 6.45) is 6.31. The van der Waals surface area contributed by atoms with E-state index in [9.17, 15) is 9.59 Å². The lowest BCUT2D eigenvalue weighted by Gasteiger charge is -2.30. The van der Waals surface area contributed by atoms with Crippen LogP contribution in [0.3, 0.4) is 0 Å². The monoisotopic (exact) mass is 310 g/mol. The molecule has 2 rings (SSSR count). The fraction of sp³-hybridized carbons (Fsp3) is 0.643. The van der Waals surface area contributed by atoms with Crippen molar-refractivity contribution in [1.29, 1.82) is 0 Å². The van der Waals surface area contributed by atoms with Crippen molar-refractivity contribution in [3.05, 3.63) is 12.4 Å². The number of thiol groups is 1. The maximum absolute atomic E-state index is 12.6. The molecule has 1 saturated carbocycles. The number of aromatic nitrogens is 2. The first-order chi connectivity index (χ1) is 9.94. The molecule has 0 radical (unpaired) electrons. The summed E-state index contributed by atoms with van der Waals surface area (Å²) in [4.78, 5) is 24.8. The van der Waals surface area contributed by atoms with Crippen LogP contribution in [0.15, 0.2) is 12.4 Å². The van der Waals surface area contributed by atoms with Crippen LogP contribution in [-0.4, -0.2) is 32.8 Å². The van der Waals surface area contributed by atoms with Gasteiger partial charge in [0.05, 0.1) is 17.1 Å².